The Morgan fingerprint density at radius 1 is 0.931 bits per heavy atom. The van der Waals surface area contributed by atoms with Gasteiger partial charge in [-0.2, -0.15) is 0 Å². The van der Waals surface area contributed by atoms with E-state index in [-0.39, 0.29) is 35.5 Å². The molecule has 1 fully saturated rings. The Labute approximate surface area is 170 Å². The Kier molecular flexibility index (Phi) is 6.26. The lowest BCUT2D eigenvalue weighted by molar-refractivity contribution is -0.133. The lowest BCUT2D eigenvalue weighted by Crippen LogP contribution is -2.39. The smallest absolute Gasteiger partial charge is 0.260 e. The summed E-state index contributed by atoms with van der Waals surface area (Å²) < 4.78 is 5.69. The molecule has 7 nitrogen and oxygen atoms in total. The Bertz CT molecular complexity index is 892. The minimum atomic E-state index is -0.281. The second-order valence-corrected chi connectivity index (χ2v) is 7.32. The van der Waals surface area contributed by atoms with Crippen molar-refractivity contribution in [3.05, 3.63) is 53.1 Å². The topological polar surface area (TPSA) is 90.3 Å². The average Bonchev–Trinajstić information content (AvgIpc) is 2.92. The number of carbonyl (C=O) groups excluding carboxylic acids is 2. The van der Waals surface area contributed by atoms with Gasteiger partial charge in [0, 0.05) is 37.8 Å². The van der Waals surface area contributed by atoms with Gasteiger partial charge in [0.15, 0.2) is 6.61 Å². The summed E-state index contributed by atoms with van der Waals surface area (Å²) in [4.78, 5) is 28.6. The lowest BCUT2D eigenvalue weighted by atomic mass is 10.1. The summed E-state index contributed by atoms with van der Waals surface area (Å²) in [7, 11) is 0. The van der Waals surface area contributed by atoms with Crippen LogP contribution in [0.25, 0.3) is 0 Å². The van der Waals surface area contributed by atoms with Gasteiger partial charge in [0.1, 0.15) is 17.2 Å². The number of hydrogen-bond acceptors (Lipinski definition) is 5. The fourth-order valence-corrected chi connectivity index (χ4v) is 3.46. The van der Waals surface area contributed by atoms with E-state index in [1.54, 1.807) is 9.80 Å². The van der Waals surface area contributed by atoms with Crippen LogP contribution in [0.15, 0.2) is 36.4 Å². The van der Waals surface area contributed by atoms with Crippen LogP contribution >= 0.6 is 0 Å². The highest BCUT2D eigenvalue weighted by Crippen LogP contribution is 2.22. The lowest BCUT2D eigenvalue weighted by Gasteiger charge is -2.22. The number of phenolic OH excluding ortho intramolecular Hbond substituents is 2. The number of aromatic hydroxyl groups is 2. The van der Waals surface area contributed by atoms with Crippen molar-refractivity contribution in [3.8, 4) is 17.2 Å². The van der Waals surface area contributed by atoms with Crippen LogP contribution < -0.4 is 4.74 Å². The molecule has 7 heteroatoms. The molecular formula is C22H26N2O5. The standard InChI is InChI=1S/C22H26N2O5/c1-15-4-5-20(16(2)10-15)29-14-21(27)23-6-3-7-24(9-8-23)22(28)17-11-18(25)13-19(26)12-17/h4-5,10-13,25-26H,3,6-9,14H2,1-2H3. The molecule has 1 heterocycles. The third-order valence-electron chi connectivity index (χ3n) is 4.97. The maximum Gasteiger partial charge on any atom is 0.260 e. The van der Waals surface area contributed by atoms with Crippen LogP contribution in [0.2, 0.25) is 0 Å². The van der Waals surface area contributed by atoms with Gasteiger partial charge in [0.2, 0.25) is 0 Å². The van der Waals surface area contributed by atoms with Crippen molar-refractivity contribution in [2.45, 2.75) is 20.3 Å². The van der Waals surface area contributed by atoms with Gasteiger partial charge in [0.05, 0.1) is 0 Å². The van der Waals surface area contributed by atoms with E-state index in [1.807, 2.05) is 32.0 Å². The van der Waals surface area contributed by atoms with Crippen LogP contribution in [-0.4, -0.2) is 64.6 Å². The fraction of sp³-hybridized carbons (Fsp3) is 0.364. The van der Waals surface area contributed by atoms with Gasteiger partial charge >= 0.3 is 0 Å². The molecule has 0 aliphatic carbocycles. The molecule has 0 bridgehead atoms. The van der Waals surface area contributed by atoms with E-state index in [0.717, 1.165) is 11.1 Å². The van der Waals surface area contributed by atoms with Gasteiger partial charge in [-0.05, 0) is 44.0 Å². The van der Waals surface area contributed by atoms with E-state index < -0.39 is 0 Å². The van der Waals surface area contributed by atoms with Crippen molar-refractivity contribution in [2.75, 3.05) is 32.8 Å². The molecule has 2 amide bonds. The van der Waals surface area contributed by atoms with Crippen LogP contribution in [0.3, 0.4) is 0 Å². The van der Waals surface area contributed by atoms with Crippen molar-refractivity contribution < 1.29 is 24.5 Å². The van der Waals surface area contributed by atoms with E-state index in [4.69, 9.17) is 4.74 Å². The SMILES string of the molecule is Cc1ccc(OCC(=O)N2CCCN(C(=O)c3cc(O)cc(O)c3)CC2)c(C)c1. The number of benzene rings is 2. The van der Waals surface area contributed by atoms with Crippen molar-refractivity contribution in [1.29, 1.82) is 0 Å². The number of ether oxygens (including phenoxy) is 1. The molecule has 2 aromatic rings. The summed E-state index contributed by atoms with van der Waals surface area (Å²) >= 11 is 0. The Morgan fingerprint density at radius 3 is 2.28 bits per heavy atom. The first-order valence-electron chi connectivity index (χ1n) is 9.63. The average molecular weight is 398 g/mol. The largest absolute Gasteiger partial charge is 0.508 e. The molecule has 1 aliphatic heterocycles. The maximum absolute atomic E-state index is 12.7. The van der Waals surface area contributed by atoms with Crippen LogP contribution in [0.4, 0.5) is 0 Å². The normalized spacial score (nSPS) is 14.4. The molecule has 1 saturated heterocycles. The van der Waals surface area contributed by atoms with Crippen molar-refractivity contribution in [3.63, 3.8) is 0 Å². The predicted octanol–water partition coefficient (Wildman–Crippen LogP) is 2.47. The number of carbonyl (C=O) groups is 2. The number of phenols is 2. The minimum absolute atomic E-state index is 0.0434. The van der Waals surface area contributed by atoms with E-state index in [1.165, 1.54) is 18.2 Å². The number of hydrogen-bond donors (Lipinski definition) is 2. The second-order valence-electron chi connectivity index (χ2n) is 7.32. The molecule has 0 unspecified atom stereocenters. The number of nitrogens with zero attached hydrogens (tertiary/aromatic N) is 2. The predicted molar refractivity (Wildman–Crippen MR) is 108 cm³/mol. The highest BCUT2D eigenvalue weighted by atomic mass is 16.5. The van der Waals surface area contributed by atoms with Crippen molar-refractivity contribution in [2.24, 2.45) is 0 Å². The van der Waals surface area contributed by atoms with Crippen LogP contribution in [0.1, 0.15) is 27.9 Å². The molecule has 3 rings (SSSR count). The molecule has 2 N–H and O–H groups in total. The minimum Gasteiger partial charge on any atom is -0.508 e. The monoisotopic (exact) mass is 398 g/mol. The van der Waals surface area contributed by atoms with E-state index >= 15 is 0 Å². The molecule has 0 aromatic heterocycles. The quantitative estimate of drug-likeness (QED) is 0.826. The molecule has 0 radical (unpaired) electrons. The van der Waals surface area contributed by atoms with Gasteiger partial charge in [0.25, 0.3) is 11.8 Å². The van der Waals surface area contributed by atoms with Gasteiger partial charge in [-0.3, -0.25) is 9.59 Å². The molecule has 29 heavy (non-hydrogen) atoms. The number of amides is 2. The zero-order valence-electron chi connectivity index (χ0n) is 16.7. The number of aryl methyl sites for hydroxylation is 2. The van der Waals surface area contributed by atoms with Gasteiger partial charge in [-0.1, -0.05) is 17.7 Å². The molecule has 154 valence electrons. The van der Waals surface area contributed by atoms with Crippen LogP contribution in [-0.2, 0) is 4.79 Å². The van der Waals surface area contributed by atoms with Crippen LogP contribution in [0.5, 0.6) is 17.2 Å². The maximum atomic E-state index is 12.7. The summed E-state index contributed by atoms with van der Waals surface area (Å²) in [5, 5.41) is 19.2. The van der Waals surface area contributed by atoms with E-state index in [0.29, 0.717) is 38.3 Å². The summed E-state index contributed by atoms with van der Waals surface area (Å²) in [6.07, 6.45) is 0.645. The van der Waals surface area contributed by atoms with E-state index in [9.17, 15) is 19.8 Å². The summed E-state index contributed by atoms with van der Waals surface area (Å²) in [6.45, 7) is 5.74. The van der Waals surface area contributed by atoms with Crippen molar-refractivity contribution >= 4 is 11.8 Å². The molecule has 0 spiro atoms. The Morgan fingerprint density at radius 2 is 1.59 bits per heavy atom. The summed E-state index contributed by atoms with van der Waals surface area (Å²) in [6, 6.07) is 9.65. The first-order valence-corrected chi connectivity index (χ1v) is 9.63. The van der Waals surface area contributed by atoms with Gasteiger partial charge in [-0.15, -0.1) is 0 Å². The van der Waals surface area contributed by atoms with Crippen molar-refractivity contribution in [1.82, 2.24) is 9.80 Å². The zero-order valence-corrected chi connectivity index (χ0v) is 16.7. The highest BCUT2D eigenvalue weighted by molar-refractivity contribution is 5.95. The van der Waals surface area contributed by atoms with Gasteiger partial charge in [-0.25, -0.2) is 0 Å². The molecule has 0 saturated carbocycles. The van der Waals surface area contributed by atoms with Gasteiger partial charge < -0.3 is 24.7 Å². The highest BCUT2D eigenvalue weighted by Gasteiger charge is 2.23. The first-order chi connectivity index (χ1) is 13.8. The van der Waals surface area contributed by atoms with Crippen LogP contribution in [0, 0.1) is 13.8 Å². The molecule has 0 atom stereocenters. The zero-order chi connectivity index (χ0) is 21.0. The Hall–Kier alpha value is -3.22. The molecule has 1 aliphatic rings. The van der Waals surface area contributed by atoms with E-state index in [2.05, 4.69) is 0 Å². The molecule has 2 aromatic carbocycles. The molecular weight excluding hydrogens is 372 g/mol. The fourth-order valence-electron chi connectivity index (χ4n) is 3.46. The third kappa shape index (κ3) is 5.19. The first kappa shape index (κ1) is 20.5. The Balaban J connectivity index is 1.57. The third-order valence-corrected chi connectivity index (χ3v) is 4.97. The summed E-state index contributed by atoms with van der Waals surface area (Å²) in [5.74, 6) is -0.0300. The number of rotatable bonds is 4. The second kappa shape index (κ2) is 8.86. The summed E-state index contributed by atoms with van der Waals surface area (Å²) in [5.41, 5.74) is 2.35.